The van der Waals surface area contributed by atoms with Crippen LogP contribution in [0.15, 0.2) is 0 Å². The lowest BCUT2D eigenvalue weighted by molar-refractivity contribution is -0.142. The van der Waals surface area contributed by atoms with Crippen molar-refractivity contribution in [3.8, 4) is 0 Å². The molecule has 0 radical (unpaired) electrons. The third-order valence-corrected chi connectivity index (χ3v) is 3.32. The molecule has 82 valence electrons. The van der Waals surface area contributed by atoms with Crippen molar-refractivity contribution in [3.63, 3.8) is 0 Å². The van der Waals surface area contributed by atoms with Gasteiger partial charge in [-0.2, -0.15) is 0 Å². The molecule has 1 rings (SSSR count). The molecule has 0 bridgehead atoms. The highest BCUT2D eigenvalue weighted by atomic mass is 16.4. The van der Waals surface area contributed by atoms with E-state index in [1.165, 1.54) is 0 Å². The third-order valence-electron chi connectivity index (χ3n) is 3.32. The number of carboxylic acids is 1. The van der Waals surface area contributed by atoms with Crippen molar-refractivity contribution in [1.82, 2.24) is 5.32 Å². The van der Waals surface area contributed by atoms with Crippen LogP contribution in [-0.2, 0) is 4.79 Å². The van der Waals surface area contributed by atoms with Gasteiger partial charge in [-0.05, 0) is 12.8 Å². The Morgan fingerprint density at radius 1 is 1.64 bits per heavy atom. The van der Waals surface area contributed by atoms with Crippen molar-refractivity contribution in [2.24, 2.45) is 5.41 Å². The fourth-order valence-corrected chi connectivity index (χ4v) is 1.79. The van der Waals surface area contributed by atoms with Crippen molar-refractivity contribution < 1.29 is 15.0 Å². The van der Waals surface area contributed by atoms with Crippen molar-refractivity contribution in [1.29, 1.82) is 0 Å². The quantitative estimate of drug-likeness (QED) is 0.623. The summed E-state index contributed by atoms with van der Waals surface area (Å²) in [6, 6.07) is -0.384. The van der Waals surface area contributed by atoms with Crippen molar-refractivity contribution in [2.45, 2.75) is 51.8 Å². The topological polar surface area (TPSA) is 69.6 Å². The van der Waals surface area contributed by atoms with Crippen LogP contribution in [0, 0.1) is 5.41 Å². The molecule has 3 N–H and O–H groups in total. The monoisotopic (exact) mass is 201 g/mol. The summed E-state index contributed by atoms with van der Waals surface area (Å²) >= 11 is 0. The molecule has 0 aromatic carbocycles. The molecule has 14 heavy (non-hydrogen) atoms. The summed E-state index contributed by atoms with van der Waals surface area (Å²) in [5.74, 6) is -0.815. The smallest absolute Gasteiger partial charge is 0.320 e. The summed E-state index contributed by atoms with van der Waals surface area (Å²) < 4.78 is 0. The lowest BCUT2D eigenvalue weighted by Crippen LogP contribution is -2.62. The summed E-state index contributed by atoms with van der Waals surface area (Å²) in [7, 11) is 0. The van der Waals surface area contributed by atoms with E-state index in [9.17, 15) is 9.90 Å². The van der Waals surface area contributed by atoms with Crippen molar-refractivity contribution >= 4 is 5.97 Å². The predicted octanol–water partition coefficient (Wildman–Crippen LogP) is 0.599. The Morgan fingerprint density at radius 2 is 2.21 bits per heavy atom. The molecular weight excluding hydrogens is 182 g/mol. The fraction of sp³-hybridized carbons (Fsp3) is 0.900. The van der Waals surface area contributed by atoms with Crippen LogP contribution in [0.4, 0.5) is 0 Å². The predicted molar refractivity (Wildman–Crippen MR) is 53.0 cm³/mol. The second-order valence-corrected chi connectivity index (χ2v) is 4.59. The molecule has 0 amide bonds. The first-order valence-electron chi connectivity index (χ1n) is 5.06. The molecule has 1 saturated carbocycles. The van der Waals surface area contributed by atoms with Gasteiger partial charge in [0.15, 0.2) is 0 Å². The van der Waals surface area contributed by atoms with Crippen LogP contribution in [0.5, 0.6) is 0 Å². The van der Waals surface area contributed by atoms with Gasteiger partial charge in [0.05, 0.1) is 6.10 Å². The maximum Gasteiger partial charge on any atom is 0.320 e. The molecule has 0 aliphatic heterocycles. The molecule has 1 aliphatic carbocycles. The summed E-state index contributed by atoms with van der Waals surface area (Å²) in [6.45, 7) is 5.74. The number of aliphatic hydroxyl groups excluding tert-OH is 1. The summed E-state index contributed by atoms with van der Waals surface area (Å²) in [6.07, 6.45) is 0.903. The Hall–Kier alpha value is -0.610. The van der Waals surface area contributed by atoms with Gasteiger partial charge in [0.1, 0.15) is 6.04 Å². The van der Waals surface area contributed by atoms with E-state index in [0.29, 0.717) is 12.8 Å². The van der Waals surface area contributed by atoms with E-state index in [-0.39, 0.29) is 17.6 Å². The molecule has 0 heterocycles. The minimum Gasteiger partial charge on any atom is -0.480 e. The maximum absolute atomic E-state index is 10.8. The number of rotatable bonds is 4. The van der Waals surface area contributed by atoms with Gasteiger partial charge in [-0.3, -0.25) is 4.79 Å². The molecule has 0 aromatic rings. The van der Waals surface area contributed by atoms with Crippen LogP contribution < -0.4 is 5.32 Å². The van der Waals surface area contributed by atoms with Gasteiger partial charge < -0.3 is 15.5 Å². The Balaban J connectivity index is 2.50. The average Bonchev–Trinajstić information content (AvgIpc) is 2.11. The molecular formula is C10H19NO3. The second-order valence-electron chi connectivity index (χ2n) is 4.59. The van der Waals surface area contributed by atoms with Crippen molar-refractivity contribution in [2.75, 3.05) is 0 Å². The minimum absolute atomic E-state index is 0.110. The highest BCUT2D eigenvalue weighted by Crippen LogP contribution is 2.40. The maximum atomic E-state index is 10.8. The molecule has 4 nitrogen and oxygen atoms in total. The highest BCUT2D eigenvalue weighted by molar-refractivity contribution is 5.73. The van der Waals surface area contributed by atoms with E-state index >= 15 is 0 Å². The largest absolute Gasteiger partial charge is 0.480 e. The second kappa shape index (κ2) is 3.87. The standard InChI is InChI=1S/C10H19NO3/c1-4-6(9(13)14)11-7-5-8(12)10(7,2)3/h6-8,11-12H,4-5H2,1-3H3,(H,13,14). The molecule has 0 saturated heterocycles. The summed E-state index contributed by atoms with van der Waals surface area (Å²) in [5, 5.41) is 21.4. The van der Waals surface area contributed by atoms with Crippen LogP contribution in [-0.4, -0.2) is 34.4 Å². The Kier molecular flexibility index (Phi) is 3.17. The van der Waals surface area contributed by atoms with Gasteiger partial charge in [-0.1, -0.05) is 20.8 Å². The first-order valence-corrected chi connectivity index (χ1v) is 5.06. The first-order chi connectivity index (χ1) is 6.39. The van der Waals surface area contributed by atoms with Crippen LogP contribution >= 0.6 is 0 Å². The number of hydrogen-bond donors (Lipinski definition) is 3. The van der Waals surface area contributed by atoms with E-state index in [0.717, 1.165) is 0 Å². The highest BCUT2D eigenvalue weighted by Gasteiger charge is 2.48. The molecule has 3 unspecified atom stereocenters. The van der Waals surface area contributed by atoms with E-state index < -0.39 is 12.0 Å². The van der Waals surface area contributed by atoms with E-state index in [2.05, 4.69) is 5.32 Å². The van der Waals surface area contributed by atoms with E-state index in [1.807, 2.05) is 20.8 Å². The van der Waals surface area contributed by atoms with Gasteiger partial charge in [0.25, 0.3) is 0 Å². The Labute approximate surface area is 84.3 Å². The molecule has 0 spiro atoms. The fourth-order valence-electron chi connectivity index (χ4n) is 1.79. The normalized spacial score (nSPS) is 32.0. The van der Waals surface area contributed by atoms with E-state index in [1.54, 1.807) is 0 Å². The molecule has 4 heteroatoms. The zero-order valence-electron chi connectivity index (χ0n) is 8.95. The zero-order valence-corrected chi connectivity index (χ0v) is 8.95. The van der Waals surface area contributed by atoms with Gasteiger partial charge in [-0.15, -0.1) is 0 Å². The first kappa shape index (κ1) is 11.5. The number of carboxylic acid groups (broad SMARTS) is 1. The summed E-state index contributed by atoms with van der Waals surface area (Å²) in [4.78, 5) is 10.8. The van der Waals surface area contributed by atoms with Crippen LogP contribution in [0.2, 0.25) is 0 Å². The molecule has 1 fully saturated rings. The van der Waals surface area contributed by atoms with Crippen LogP contribution in [0.1, 0.15) is 33.6 Å². The van der Waals surface area contributed by atoms with Gasteiger partial charge in [-0.25, -0.2) is 0 Å². The minimum atomic E-state index is -0.815. The SMILES string of the molecule is CCC(NC1CC(O)C1(C)C)C(=O)O. The number of aliphatic hydroxyl groups is 1. The summed E-state index contributed by atoms with van der Waals surface area (Å²) in [5.41, 5.74) is -0.205. The lowest BCUT2D eigenvalue weighted by atomic mass is 9.64. The van der Waals surface area contributed by atoms with E-state index in [4.69, 9.17) is 5.11 Å². The van der Waals surface area contributed by atoms with Crippen molar-refractivity contribution in [3.05, 3.63) is 0 Å². The number of carbonyl (C=O) groups is 1. The van der Waals surface area contributed by atoms with Crippen LogP contribution in [0.3, 0.4) is 0 Å². The zero-order chi connectivity index (χ0) is 10.9. The number of nitrogens with one attached hydrogen (secondary N) is 1. The van der Waals surface area contributed by atoms with Gasteiger partial charge in [0.2, 0.25) is 0 Å². The Bertz CT molecular complexity index is 227. The van der Waals surface area contributed by atoms with Gasteiger partial charge in [0, 0.05) is 11.5 Å². The van der Waals surface area contributed by atoms with Gasteiger partial charge >= 0.3 is 5.97 Å². The number of aliphatic carboxylic acids is 1. The third kappa shape index (κ3) is 1.91. The Morgan fingerprint density at radius 3 is 2.50 bits per heavy atom. The average molecular weight is 201 g/mol. The number of hydrogen-bond acceptors (Lipinski definition) is 3. The lowest BCUT2D eigenvalue weighted by Gasteiger charge is -2.50. The molecule has 1 aliphatic rings. The van der Waals surface area contributed by atoms with Crippen LogP contribution in [0.25, 0.3) is 0 Å². The molecule has 0 aromatic heterocycles. The molecule has 3 atom stereocenters.